The van der Waals surface area contributed by atoms with Crippen molar-refractivity contribution >= 4 is 16.9 Å². The van der Waals surface area contributed by atoms with E-state index in [0.717, 1.165) is 5.56 Å². The van der Waals surface area contributed by atoms with Crippen molar-refractivity contribution in [3.05, 3.63) is 58.4 Å². The molecule has 0 saturated heterocycles. The highest BCUT2D eigenvalue weighted by Crippen LogP contribution is 2.30. The second-order valence-corrected chi connectivity index (χ2v) is 5.18. The highest BCUT2D eigenvalue weighted by molar-refractivity contribution is 5.83. The quantitative estimate of drug-likeness (QED) is 0.548. The highest BCUT2D eigenvalue weighted by Gasteiger charge is 2.14. The molecule has 3 rings (SSSR count). The van der Waals surface area contributed by atoms with Crippen molar-refractivity contribution in [3.8, 4) is 11.5 Å². The molecular formula is C17H18N4O3. The van der Waals surface area contributed by atoms with Gasteiger partial charge in [0.1, 0.15) is 0 Å². The van der Waals surface area contributed by atoms with E-state index in [2.05, 4.69) is 10.4 Å². The Hall–Kier alpha value is -3.06. The smallest absolute Gasteiger partial charge is 0.263 e. The molecule has 24 heavy (non-hydrogen) atoms. The SMILES string of the molecule is COc1cc2nc(NN)n(Cc3ccccc3)c(=O)c2cc1OC. The first kappa shape index (κ1) is 15.8. The van der Waals surface area contributed by atoms with Crippen molar-refractivity contribution in [2.24, 2.45) is 5.84 Å². The molecular weight excluding hydrogens is 308 g/mol. The third kappa shape index (κ3) is 2.77. The molecule has 3 aromatic rings. The number of hydrogen-bond donors (Lipinski definition) is 2. The average Bonchev–Trinajstić information content (AvgIpc) is 2.63. The molecule has 0 radical (unpaired) electrons. The first-order chi connectivity index (χ1) is 11.7. The molecule has 0 fully saturated rings. The van der Waals surface area contributed by atoms with Crippen LogP contribution in [0.4, 0.5) is 5.95 Å². The Morgan fingerprint density at radius 3 is 2.42 bits per heavy atom. The van der Waals surface area contributed by atoms with Gasteiger partial charge in [-0.1, -0.05) is 30.3 Å². The summed E-state index contributed by atoms with van der Waals surface area (Å²) in [6, 6.07) is 12.9. The zero-order valence-electron chi connectivity index (χ0n) is 13.4. The van der Waals surface area contributed by atoms with Crippen LogP contribution in [0.25, 0.3) is 10.9 Å². The third-order valence-corrected chi connectivity index (χ3v) is 3.77. The van der Waals surface area contributed by atoms with Crippen LogP contribution in [0.5, 0.6) is 11.5 Å². The number of hydrogen-bond acceptors (Lipinski definition) is 6. The van der Waals surface area contributed by atoms with Crippen molar-refractivity contribution in [1.29, 1.82) is 0 Å². The zero-order chi connectivity index (χ0) is 17.1. The topological polar surface area (TPSA) is 91.4 Å². The number of methoxy groups -OCH3 is 2. The predicted octanol–water partition coefficient (Wildman–Crippen LogP) is 1.75. The predicted molar refractivity (Wildman–Crippen MR) is 92.5 cm³/mol. The minimum Gasteiger partial charge on any atom is -0.493 e. The molecule has 1 aromatic heterocycles. The van der Waals surface area contributed by atoms with E-state index >= 15 is 0 Å². The van der Waals surface area contributed by atoms with Gasteiger partial charge in [-0.05, 0) is 11.6 Å². The number of anilines is 1. The van der Waals surface area contributed by atoms with Gasteiger partial charge in [-0.15, -0.1) is 0 Å². The second-order valence-electron chi connectivity index (χ2n) is 5.18. The largest absolute Gasteiger partial charge is 0.493 e. The molecule has 0 saturated carbocycles. The number of rotatable bonds is 5. The van der Waals surface area contributed by atoms with E-state index in [9.17, 15) is 4.79 Å². The fraction of sp³-hybridized carbons (Fsp3) is 0.176. The Morgan fingerprint density at radius 2 is 1.79 bits per heavy atom. The maximum atomic E-state index is 12.9. The molecule has 0 atom stereocenters. The van der Waals surface area contributed by atoms with E-state index in [1.165, 1.54) is 18.8 Å². The summed E-state index contributed by atoms with van der Waals surface area (Å²) in [6.07, 6.45) is 0. The van der Waals surface area contributed by atoms with Crippen LogP contribution >= 0.6 is 0 Å². The van der Waals surface area contributed by atoms with Crippen LogP contribution in [-0.2, 0) is 6.54 Å². The molecule has 0 spiro atoms. The zero-order valence-corrected chi connectivity index (χ0v) is 13.4. The third-order valence-electron chi connectivity index (χ3n) is 3.77. The van der Waals surface area contributed by atoms with Gasteiger partial charge in [-0.2, -0.15) is 0 Å². The van der Waals surface area contributed by atoms with Gasteiger partial charge in [0.25, 0.3) is 5.56 Å². The van der Waals surface area contributed by atoms with Crippen LogP contribution in [0.2, 0.25) is 0 Å². The van der Waals surface area contributed by atoms with E-state index in [1.807, 2.05) is 30.3 Å². The Balaban J connectivity index is 2.22. The lowest BCUT2D eigenvalue weighted by Gasteiger charge is -2.14. The molecule has 7 heteroatoms. The fourth-order valence-electron chi connectivity index (χ4n) is 2.57. The number of nitrogen functional groups attached to an aromatic ring is 1. The molecule has 124 valence electrons. The van der Waals surface area contributed by atoms with Gasteiger partial charge in [-0.25, -0.2) is 10.8 Å². The summed E-state index contributed by atoms with van der Waals surface area (Å²) in [5, 5.41) is 0.433. The maximum Gasteiger partial charge on any atom is 0.263 e. The summed E-state index contributed by atoms with van der Waals surface area (Å²) in [7, 11) is 3.05. The van der Waals surface area contributed by atoms with E-state index < -0.39 is 0 Å². The monoisotopic (exact) mass is 326 g/mol. The van der Waals surface area contributed by atoms with Gasteiger partial charge in [0, 0.05) is 6.07 Å². The van der Waals surface area contributed by atoms with E-state index in [4.69, 9.17) is 15.3 Å². The molecule has 0 amide bonds. The summed E-state index contributed by atoms with van der Waals surface area (Å²) < 4.78 is 12.0. The maximum absolute atomic E-state index is 12.9. The summed E-state index contributed by atoms with van der Waals surface area (Å²) >= 11 is 0. The number of nitrogens with zero attached hydrogens (tertiary/aromatic N) is 2. The van der Waals surface area contributed by atoms with E-state index in [1.54, 1.807) is 12.1 Å². The Labute approximate surface area is 138 Å². The van der Waals surface area contributed by atoms with Crippen molar-refractivity contribution in [2.75, 3.05) is 19.6 Å². The van der Waals surface area contributed by atoms with Crippen LogP contribution in [-0.4, -0.2) is 23.8 Å². The lowest BCUT2D eigenvalue weighted by molar-refractivity contribution is 0.355. The lowest BCUT2D eigenvalue weighted by atomic mass is 10.2. The number of ether oxygens (including phenoxy) is 2. The normalized spacial score (nSPS) is 10.6. The first-order valence-electron chi connectivity index (χ1n) is 7.35. The van der Waals surface area contributed by atoms with Gasteiger partial charge in [-0.3, -0.25) is 14.8 Å². The summed E-state index contributed by atoms with van der Waals surface area (Å²) in [6.45, 7) is 0.358. The number of nitrogens with two attached hydrogens (primary N) is 1. The van der Waals surface area contributed by atoms with Gasteiger partial charge in [0.05, 0.1) is 31.7 Å². The van der Waals surface area contributed by atoms with Crippen molar-refractivity contribution in [2.45, 2.75) is 6.54 Å². The lowest BCUT2D eigenvalue weighted by Crippen LogP contribution is -2.27. The number of benzene rings is 2. The van der Waals surface area contributed by atoms with Gasteiger partial charge < -0.3 is 9.47 Å². The Bertz CT molecular complexity index is 923. The molecule has 0 aliphatic carbocycles. The van der Waals surface area contributed by atoms with Crippen LogP contribution in [0, 0.1) is 0 Å². The molecule has 3 N–H and O–H groups in total. The van der Waals surface area contributed by atoms with Crippen LogP contribution < -0.4 is 26.3 Å². The number of aromatic nitrogens is 2. The van der Waals surface area contributed by atoms with Crippen molar-refractivity contribution in [1.82, 2.24) is 9.55 Å². The molecule has 0 aliphatic rings. The minimum absolute atomic E-state index is 0.210. The highest BCUT2D eigenvalue weighted by atomic mass is 16.5. The van der Waals surface area contributed by atoms with Gasteiger partial charge >= 0.3 is 0 Å². The standard InChI is InChI=1S/C17H18N4O3/c1-23-14-8-12-13(9-15(14)24-2)19-17(20-18)21(16(12)22)10-11-6-4-3-5-7-11/h3-9H,10,18H2,1-2H3,(H,19,20). The molecule has 0 aliphatic heterocycles. The van der Waals surface area contributed by atoms with Crippen LogP contribution in [0.15, 0.2) is 47.3 Å². The second kappa shape index (κ2) is 6.59. The summed E-state index contributed by atoms with van der Waals surface area (Å²) in [4.78, 5) is 17.3. The summed E-state index contributed by atoms with van der Waals surface area (Å²) in [5.41, 5.74) is 3.74. The Kier molecular flexibility index (Phi) is 4.35. The van der Waals surface area contributed by atoms with Crippen molar-refractivity contribution < 1.29 is 9.47 Å². The minimum atomic E-state index is -0.210. The van der Waals surface area contributed by atoms with E-state index in [0.29, 0.717) is 28.9 Å². The van der Waals surface area contributed by atoms with E-state index in [-0.39, 0.29) is 11.5 Å². The van der Waals surface area contributed by atoms with Gasteiger partial charge in [0.2, 0.25) is 5.95 Å². The fourth-order valence-corrected chi connectivity index (χ4v) is 2.57. The molecule has 0 unspecified atom stereocenters. The number of fused-ring (bicyclic) bond motifs is 1. The average molecular weight is 326 g/mol. The number of hydrazine groups is 1. The van der Waals surface area contributed by atoms with Crippen LogP contribution in [0.1, 0.15) is 5.56 Å². The Morgan fingerprint density at radius 1 is 1.12 bits per heavy atom. The van der Waals surface area contributed by atoms with Crippen LogP contribution in [0.3, 0.4) is 0 Å². The molecule has 0 bridgehead atoms. The molecule has 2 aromatic carbocycles. The molecule has 1 heterocycles. The van der Waals surface area contributed by atoms with Gasteiger partial charge in [0.15, 0.2) is 11.5 Å². The molecule has 7 nitrogen and oxygen atoms in total. The number of nitrogens with one attached hydrogen (secondary N) is 1. The van der Waals surface area contributed by atoms with Crippen molar-refractivity contribution in [3.63, 3.8) is 0 Å². The first-order valence-corrected chi connectivity index (χ1v) is 7.35. The summed E-state index contributed by atoms with van der Waals surface area (Å²) in [5.74, 6) is 6.82.